The third-order valence-corrected chi connectivity index (χ3v) is 6.83. The number of ketones is 1. The molecule has 2 aliphatic carbocycles. The van der Waals surface area contributed by atoms with E-state index in [4.69, 9.17) is 0 Å². The molecule has 1 N–H and O–H groups in total. The Morgan fingerprint density at radius 1 is 0.933 bits per heavy atom. The van der Waals surface area contributed by atoms with E-state index in [9.17, 15) is 9.59 Å². The number of rotatable bonds is 5. The molecule has 2 saturated carbocycles. The Morgan fingerprint density at radius 2 is 1.63 bits per heavy atom. The zero-order valence-electron chi connectivity index (χ0n) is 17.3. The van der Waals surface area contributed by atoms with E-state index in [1.54, 1.807) is 13.4 Å². The van der Waals surface area contributed by atoms with E-state index in [1.807, 2.05) is 22.7 Å². The van der Waals surface area contributed by atoms with Gasteiger partial charge in [0.15, 0.2) is 5.78 Å². The van der Waals surface area contributed by atoms with Gasteiger partial charge in [0.05, 0.1) is 23.7 Å². The molecule has 1 amide bonds. The number of nitrogens with one attached hydrogen (secondary N) is 1. The zero-order valence-corrected chi connectivity index (χ0v) is 17.3. The van der Waals surface area contributed by atoms with E-state index >= 15 is 0 Å². The summed E-state index contributed by atoms with van der Waals surface area (Å²) in [6.45, 7) is 0. The van der Waals surface area contributed by atoms with Crippen molar-refractivity contribution in [2.24, 2.45) is 5.92 Å². The predicted molar refractivity (Wildman–Crippen MR) is 116 cm³/mol. The zero-order chi connectivity index (χ0) is 20.7. The number of hydrogen-bond acceptors (Lipinski definition) is 3. The molecule has 154 valence electrons. The second kappa shape index (κ2) is 7.71. The number of pyridine rings is 1. The molecule has 0 spiro atoms. The molecule has 0 aliphatic heterocycles. The van der Waals surface area contributed by atoms with Gasteiger partial charge in [0.1, 0.15) is 0 Å². The molecule has 5 nitrogen and oxygen atoms in total. The van der Waals surface area contributed by atoms with Crippen molar-refractivity contribution >= 4 is 17.2 Å². The highest BCUT2D eigenvalue weighted by Crippen LogP contribution is 2.44. The Hall–Kier alpha value is -2.95. The SMILES string of the molecule is CNC(=O)c1ccc(C2CCC(C(=O)c3c(C4CC4)ccc4cncn34)CC2)cc1. The molecule has 2 heterocycles. The van der Waals surface area contributed by atoms with Crippen LogP contribution in [0.5, 0.6) is 0 Å². The van der Waals surface area contributed by atoms with Gasteiger partial charge in [-0.05, 0) is 79.7 Å². The molecule has 0 saturated heterocycles. The Balaban J connectivity index is 1.32. The summed E-state index contributed by atoms with van der Waals surface area (Å²) in [5, 5.41) is 2.66. The molecule has 0 bridgehead atoms. The molecule has 0 atom stereocenters. The highest BCUT2D eigenvalue weighted by atomic mass is 16.1. The molecule has 2 aromatic heterocycles. The van der Waals surface area contributed by atoms with Crippen LogP contribution in [0.25, 0.3) is 5.52 Å². The van der Waals surface area contributed by atoms with Crippen molar-refractivity contribution in [3.05, 3.63) is 71.3 Å². The number of amides is 1. The van der Waals surface area contributed by atoms with Crippen LogP contribution in [0, 0.1) is 5.92 Å². The minimum Gasteiger partial charge on any atom is -0.355 e. The highest BCUT2D eigenvalue weighted by molar-refractivity contribution is 5.98. The van der Waals surface area contributed by atoms with Crippen LogP contribution in [0.3, 0.4) is 0 Å². The average molecular weight is 402 g/mol. The Labute approximate surface area is 176 Å². The third-order valence-electron chi connectivity index (χ3n) is 6.83. The van der Waals surface area contributed by atoms with Gasteiger partial charge in [-0.3, -0.25) is 14.0 Å². The summed E-state index contributed by atoms with van der Waals surface area (Å²) in [6.07, 6.45) is 9.81. The van der Waals surface area contributed by atoms with Crippen LogP contribution in [-0.2, 0) is 0 Å². The van der Waals surface area contributed by atoms with E-state index in [1.165, 1.54) is 24.0 Å². The molecule has 3 aromatic rings. The van der Waals surface area contributed by atoms with Crippen molar-refractivity contribution in [2.75, 3.05) is 7.05 Å². The maximum absolute atomic E-state index is 13.6. The van der Waals surface area contributed by atoms with Gasteiger partial charge >= 0.3 is 0 Å². The normalized spacial score (nSPS) is 21.5. The van der Waals surface area contributed by atoms with Crippen LogP contribution < -0.4 is 5.32 Å². The van der Waals surface area contributed by atoms with E-state index in [0.717, 1.165) is 36.9 Å². The fourth-order valence-corrected chi connectivity index (χ4v) is 4.93. The lowest BCUT2D eigenvalue weighted by atomic mass is 9.76. The molecule has 30 heavy (non-hydrogen) atoms. The van der Waals surface area contributed by atoms with Gasteiger partial charge in [0.2, 0.25) is 0 Å². The monoisotopic (exact) mass is 401 g/mol. The van der Waals surface area contributed by atoms with Crippen molar-refractivity contribution in [3.8, 4) is 0 Å². The first-order valence-electron chi connectivity index (χ1n) is 11.0. The van der Waals surface area contributed by atoms with Crippen molar-refractivity contribution < 1.29 is 9.59 Å². The number of Topliss-reactive ketones (excluding diaryl/α,β-unsaturated/α-hetero) is 1. The maximum atomic E-state index is 13.6. The van der Waals surface area contributed by atoms with E-state index < -0.39 is 0 Å². The van der Waals surface area contributed by atoms with Gasteiger partial charge in [-0.1, -0.05) is 18.2 Å². The standard InChI is InChI=1S/C25H27N3O2/c1-26-25(30)20-10-4-17(5-11-20)16-2-8-19(9-3-16)24(29)23-22(18-6-7-18)13-12-21-14-27-15-28(21)23/h4-5,10-16,18-19H,2-3,6-9H2,1H3,(H,26,30). The lowest BCUT2D eigenvalue weighted by Gasteiger charge is -2.28. The minimum absolute atomic E-state index is 0.0593. The lowest BCUT2D eigenvalue weighted by Crippen LogP contribution is -2.24. The van der Waals surface area contributed by atoms with Gasteiger partial charge in [-0.15, -0.1) is 0 Å². The van der Waals surface area contributed by atoms with Crippen LogP contribution in [0.15, 0.2) is 48.9 Å². The smallest absolute Gasteiger partial charge is 0.251 e. The predicted octanol–water partition coefficient (Wildman–Crippen LogP) is 4.73. The molecule has 0 unspecified atom stereocenters. The summed E-state index contributed by atoms with van der Waals surface area (Å²) in [7, 11) is 1.65. The Kier molecular flexibility index (Phi) is 4.89. The number of aromatic nitrogens is 2. The summed E-state index contributed by atoms with van der Waals surface area (Å²) in [4.78, 5) is 29.6. The molecule has 5 rings (SSSR count). The molecule has 2 aliphatic rings. The number of fused-ring (bicyclic) bond motifs is 1. The fraction of sp³-hybridized carbons (Fsp3) is 0.400. The van der Waals surface area contributed by atoms with Crippen molar-refractivity contribution in [1.29, 1.82) is 0 Å². The third kappa shape index (κ3) is 3.42. The largest absolute Gasteiger partial charge is 0.355 e. The molecule has 2 fully saturated rings. The van der Waals surface area contributed by atoms with E-state index in [2.05, 4.69) is 34.6 Å². The van der Waals surface area contributed by atoms with Crippen LogP contribution >= 0.6 is 0 Å². The van der Waals surface area contributed by atoms with Gasteiger partial charge in [-0.25, -0.2) is 4.98 Å². The van der Waals surface area contributed by atoms with E-state index in [-0.39, 0.29) is 17.6 Å². The second-order valence-electron chi connectivity index (χ2n) is 8.71. The second-order valence-corrected chi connectivity index (χ2v) is 8.71. The summed E-state index contributed by atoms with van der Waals surface area (Å²) < 4.78 is 2.00. The molecular formula is C25H27N3O2. The van der Waals surface area contributed by atoms with E-state index in [0.29, 0.717) is 17.4 Å². The number of carbonyl (C=O) groups is 2. The van der Waals surface area contributed by atoms with Crippen molar-refractivity contribution in [1.82, 2.24) is 14.7 Å². The number of hydrogen-bond donors (Lipinski definition) is 1. The Bertz CT molecular complexity index is 1090. The molecule has 1 aromatic carbocycles. The van der Waals surface area contributed by atoms with Crippen LogP contribution in [0.1, 0.15) is 82.3 Å². The number of imidazole rings is 1. The Morgan fingerprint density at radius 3 is 2.30 bits per heavy atom. The van der Waals surface area contributed by atoms with Gasteiger partial charge in [0.25, 0.3) is 5.91 Å². The first kappa shape index (κ1) is 19.0. The maximum Gasteiger partial charge on any atom is 0.251 e. The minimum atomic E-state index is -0.0593. The molecular weight excluding hydrogens is 374 g/mol. The number of benzene rings is 1. The number of carbonyl (C=O) groups excluding carboxylic acids is 2. The van der Waals surface area contributed by atoms with Crippen molar-refractivity contribution in [3.63, 3.8) is 0 Å². The van der Waals surface area contributed by atoms with Gasteiger partial charge in [0, 0.05) is 18.5 Å². The molecule has 0 radical (unpaired) electrons. The fourth-order valence-electron chi connectivity index (χ4n) is 4.93. The summed E-state index contributed by atoms with van der Waals surface area (Å²) in [5.41, 5.74) is 5.02. The molecule has 5 heteroatoms. The van der Waals surface area contributed by atoms with Crippen molar-refractivity contribution in [2.45, 2.75) is 50.4 Å². The lowest BCUT2D eigenvalue weighted by molar-refractivity contribution is 0.0875. The highest BCUT2D eigenvalue weighted by Gasteiger charge is 2.34. The van der Waals surface area contributed by atoms with Crippen LogP contribution in [0.2, 0.25) is 0 Å². The summed E-state index contributed by atoms with van der Waals surface area (Å²) in [6, 6.07) is 12.1. The quantitative estimate of drug-likeness (QED) is 0.629. The summed E-state index contributed by atoms with van der Waals surface area (Å²) >= 11 is 0. The van der Waals surface area contributed by atoms with Crippen LogP contribution in [0.4, 0.5) is 0 Å². The van der Waals surface area contributed by atoms with Gasteiger partial charge in [-0.2, -0.15) is 0 Å². The average Bonchev–Trinajstić information content (AvgIpc) is 3.54. The number of nitrogens with zero attached hydrogens (tertiary/aromatic N) is 2. The van der Waals surface area contributed by atoms with Gasteiger partial charge < -0.3 is 5.32 Å². The summed E-state index contributed by atoms with van der Waals surface area (Å²) in [5.74, 6) is 1.30. The topological polar surface area (TPSA) is 63.5 Å². The first-order valence-corrected chi connectivity index (χ1v) is 11.0. The first-order chi connectivity index (χ1) is 14.7. The van der Waals surface area contributed by atoms with Crippen LogP contribution in [-0.4, -0.2) is 28.1 Å².